The highest BCUT2D eigenvalue weighted by molar-refractivity contribution is 5.90. The van der Waals surface area contributed by atoms with Crippen molar-refractivity contribution in [3.8, 4) is 16.8 Å². The summed E-state index contributed by atoms with van der Waals surface area (Å²) in [6, 6.07) is 4.30. The van der Waals surface area contributed by atoms with Crippen LogP contribution in [0.25, 0.3) is 27.8 Å². The standard InChI is InChI=1S/C19H19N5O/c1-10-17(11(2)25-23-10)14-8-15-18(22-19(21-15)13-4-5-13)16(9-14)24-7-6-20-12(24)3/h6-9,13H,4-5H2,1-3H3,(H,21,22). The maximum Gasteiger partial charge on any atom is 0.141 e. The molecule has 0 unspecified atom stereocenters. The van der Waals surface area contributed by atoms with Gasteiger partial charge in [0, 0.05) is 23.9 Å². The van der Waals surface area contributed by atoms with Gasteiger partial charge >= 0.3 is 0 Å². The van der Waals surface area contributed by atoms with Gasteiger partial charge in [0.2, 0.25) is 0 Å². The van der Waals surface area contributed by atoms with E-state index < -0.39 is 0 Å². The normalized spacial score (nSPS) is 14.5. The van der Waals surface area contributed by atoms with Crippen LogP contribution in [-0.4, -0.2) is 24.7 Å². The predicted octanol–water partition coefficient (Wildman–Crippen LogP) is 4.21. The third-order valence-electron chi connectivity index (χ3n) is 4.96. The minimum Gasteiger partial charge on any atom is -0.361 e. The van der Waals surface area contributed by atoms with Gasteiger partial charge in [-0.2, -0.15) is 0 Å². The number of rotatable bonds is 3. The van der Waals surface area contributed by atoms with Crippen molar-refractivity contribution in [2.45, 2.75) is 39.5 Å². The largest absolute Gasteiger partial charge is 0.361 e. The van der Waals surface area contributed by atoms with Crippen molar-refractivity contribution in [2.75, 3.05) is 0 Å². The van der Waals surface area contributed by atoms with Gasteiger partial charge in [-0.1, -0.05) is 5.16 Å². The zero-order chi connectivity index (χ0) is 17.1. The predicted molar refractivity (Wildman–Crippen MR) is 94.9 cm³/mol. The molecule has 126 valence electrons. The minimum absolute atomic E-state index is 0.576. The van der Waals surface area contributed by atoms with E-state index in [2.05, 4.69) is 31.8 Å². The first-order valence-electron chi connectivity index (χ1n) is 8.59. The Hall–Kier alpha value is -2.89. The zero-order valence-corrected chi connectivity index (χ0v) is 14.5. The Morgan fingerprint density at radius 1 is 1.20 bits per heavy atom. The van der Waals surface area contributed by atoms with Gasteiger partial charge in [-0.3, -0.25) is 0 Å². The molecule has 0 aliphatic heterocycles. The maximum absolute atomic E-state index is 5.37. The Morgan fingerprint density at radius 2 is 2.04 bits per heavy atom. The lowest BCUT2D eigenvalue weighted by Gasteiger charge is -2.09. The average Bonchev–Trinajstić information content (AvgIpc) is 3.07. The van der Waals surface area contributed by atoms with Crippen LogP contribution in [0.4, 0.5) is 0 Å². The topological polar surface area (TPSA) is 72.5 Å². The van der Waals surface area contributed by atoms with Crippen LogP contribution >= 0.6 is 0 Å². The Bertz CT molecular complexity index is 1080. The SMILES string of the molecule is Cc1noc(C)c1-c1cc(-n2ccnc2C)c2nc(C3CC3)[nH]c2c1. The van der Waals surface area contributed by atoms with Crippen LogP contribution in [-0.2, 0) is 0 Å². The van der Waals surface area contributed by atoms with E-state index in [9.17, 15) is 0 Å². The quantitative estimate of drug-likeness (QED) is 0.609. The van der Waals surface area contributed by atoms with E-state index in [1.54, 1.807) is 0 Å². The lowest BCUT2D eigenvalue weighted by molar-refractivity contribution is 0.393. The number of fused-ring (bicyclic) bond motifs is 1. The molecule has 6 nitrogen and oxygen atoms in total. The van der Waals surface area contributed by atoms with Gasteiger partial charge in [-0.05, 0) is 51.3 Å². The Kier molecular flexibility index (Phi) is 2.92. The van der Waals surface area contributed by atoms with Crippen molar-refractivity contribution in [2.24, 2.45) is 0 Å². The highest BCUT2D eigenvalue weighted by Crippen LogP contribution is 2.40. The first-order valence-corrected chi connectivity index (χ1v) is 8.59. The van der Waals surface area contributed by atoms with E-state index >= 15 is 0 Å². The number of nitrogens with zero attached hydrogens (tertiary/aromatic N) is 4. The number of hydrogen-bond donors (Lipinski definition) is 1. The molecule has 1 saturated carbocycles. The van der Waals surface area contributed by atoms with Crippen LogP contribution in [0.3, 0.4) is 0 Å². The van der Waals surface area contributed by atoms with Gasteiger partial charge in [-0.25, -0.2) is 9.97 Å². The summed E-state index contributed by atoms with van der Waals surface area (Å²) in [4.78, 5) is 12.8. The van der Waals surface area contributed by atoms with Crippen molar-refractivity contribution in [1.82, 2.24) is 24.7 Å². The Labute approximate surface area is 144 Å². The molecule has 0 radical (unpaired) electrons. The number of benzene rings is 1. The number of nitrogens with one attached hydrogen (secondary N) is 1. The molecule has 0 amide bonds. The van der Waals surface area contributed by atoms with E-state index in [0.717, 1.165) is 51.0 Å². The molecule has 1 aliphatic rings. The molecule has 1 aliphatic carbocycles. The summed E-state index contributed by atoms with van der Waals surface area (Å²) in [5, 5.41) is 4.11. The fraction of sp³-hybridized carbons (Fsp3) is 0.316. The Balaban J connectivity index is 1.81. The molecular formula is C19H19N5O. The molecule has 3 aromatic heterocycles. The summed E-state index contributed by atoms with van der Waals surface area (Å²) >= 11 is 0. The number of hydrogen-bond acceptors (Lipinski definition) is 4. The van der Waals surface area contributed by atoms with Crippen LogP contribution in [0.15, 0.2) is 29.0 Å². The molecule has 0 spiro atoms. The molecule has 1 fully saturated rings. The molecule has 3 heterocycles. The molecule has 6 heteroatoms. The second kappa shape index (κ2) is 5.05. The molecule has 5 rings (SSSR count). The number of H-pyrrole nitrogens is 1. The van der Waals surface area contributed by atoms with Gasteiger partial charge in [0.1, 0.15) is 22.9 Å². The van der Waals surface area contributed by atoms with Crippen molar-refractivity contribution >= 4 is 11.0 Å². The van der Waals surface area contributed by atoms with Gasteiger partial charge in [-0.15, -0.1) is 0 Å². The molecule has 0 saturated heterocycles. The third kappa shape index (κ3) is 2.21. The second-order valence-electron chi connectivity index (χ2n) is 6.83. The summed E-state index contributed by atoms with van der Waals surface area (Å²) in [6.07, 6.45) is 6.23. The summed E-state index contributed by atoms with van der Waals surface area (Å²) in [5.74, 6) is 3.43. The van der Waals surface area contributed by atoms with Crippen molar-refractivity contribution in [3.05, 3.63) is 47.6 Å². The first-order chi connectivity index (χ1) is 12.1. The van der Waals surface area contributed by atoms with Crippen molar-refractivity contribution in [3.63, 3.8) is 0 Å². The fourth-order valence-electron chi connectivity index (χ4n) is 3.52. The summed E-state index contributed by atoms with van der Waals surface area (Å²) in [5.41, 5.74) is 6.08. The van der Waals surface area contributed by atoms with Crippen LogP contribution in [0.5, 0.6) is 0 Å². The molecular weight excluding hydrogens is 314 g/mol. The van der Waals surface area contributed by atoms with Gasteiger partial charge in [0.25, 0.3) is 0 Å². The molecule has 1 aromatic carbocycles. The third-order valence-corrected chi connectivity index (χ3v) is 4.96. The molecule has 25 heavy (non-hydrogen) atoms. The highest BCUT2D eigenvalue weighted by Gasteiger charge is 2.28. The highest BCUT2D eigenvalue weighted by atomic mass is 16.5. The number of aromatic nitrogens is 5. The number of aromatic amines is 1. The molecule has 0 bridgehead atoms. The smallest absolute Gasteiger partial charge is 0.141 e. The maximum atomic E-state index is 5.37. The monoisotopic (exact) mass is 333 g/mol. The summed E-state index contributed by atoms with van der Waals surface area (Å²) < 4.78 is 7.46. The van der Waals surface area contributed by atoms with Crippen molar-refractivity contribution < 1.29 is 4.52 Å². The minimum atomic E-state index is 0.576. The van der Waals surface area contributed by atoms with Crippen LogP contribution < -0.4 is 0 Å². The average molecular weight is 333 g/mol. The zero-order valence-electron chi connectivity index (χ0n) is 14.5. The van der Waals surface area contributed by atoms with Crippen LogP contribution in [0.1, 0.15) is 41.9 Å². The van der Waals surface area contributed by atoms with Gasteiger partial charge in [0.15, 0.2) is 0 Å². The lowest BCUT2D eigenvalue weighted by Crippen LogP contribution is -1.98. The van der Waals surface area contributed by atoms with Crippen LogP contribution in [0.2, 0.25) is 0 Å². The van der Waals surface area contributed by atoms with Crippen molar-refractivity contribution in [1.29, 1.82) is 0 Å². The first kappa shape index (κ1) is 14.5. The summed E-state index contributed by atoms with van der Waals surface area (Å²) in [6.45, 7) is 5.92. The van der Waals surface area contributed by atoms with E-state index in [1.165, 1.54) is 12.8 Å². The fourth-order valence-corrected chi connectivity index (χ4v) is 3.52. The van der Waals surface area contributed by atoms with Gasteiger partial charge in [0.05, 0.1) is 16.9 Å². The van der Waals surface area contributed by atoms with E-state index in [0.29, 0.717) is 5.92 Å². The molecule has 4 aromatic rings. The summed E-state index contributed by atoms with van der Waals surface area (Å²) in [7, 11) is 0. The Morgan fingerprint density at radius 3 is 2.68 bits per heavy atom. The number of imidazole rings is 2. The number of aryl methyl sites for hydroxylation is 3. The van der Waals surface area contributed by atoms with E-state index in [1.807, 2.05) is 33.2 Å². The molecule has 0 atom stereocenters. The van der Waals surface area contributed by atoms with E-state index in [-0.39, 0.29) is 0 Å². The second-order valence-corrected chi connectivity index (χ2v) is 6.83. The molecule has 1 N–H and O–H groups in total. The van der Waals surface area contributed by atoms with Crippen LogP contribution in [0, 0.1) is 20.8 Å². The lowest BCUT2D eigenvalue weighted by atomic mass is 10.0. The van der Waals surface area contributed by atoms with Gasteiger partial charge < -0.3 is 14.1 Å². The van der Waals surface area contributed by atoms with E-state index in [4.69, 9.17) is 9.51 Å².